The van der Waals surface area contributed by atoms with Crippen LogP contribution in [0.2, 0.25) is 0 Å². The first kappa shape index (κ1) is 25.0. The van der Waals surface area contributed by atoms with Crippen LogP contribution in [-0.4, -0.2) is 39.6 Å². The highest BCUT2D eigenvalue weighted by Crippen LogP contribution is 2.36. The lowest BCUT2D eigenvalue weighted by atomic mass is 10.3. The largest absolute Gasteiger partial charge is 0.480 e. The van der Waals surface area contributed by atoms with E-state index in [9.17, 15) is 43.2 Å². The number of aromatic nitrogens is 1. The van der Waals surface area contributed by atoms with Gasteiger partial charge < -0.3 is 9.23 Å². The van der Waals surface area contributed by atoms with Gasteiger partial charge in [-0.15, -0.1) is 0 Å². The summed E-state index contributed by atoms with van der Waals surface area (Å²) in [7, 11) is -13.4. The van der Waals surface area contributed by atoms with Crippen molar-refractivity contribution >= 4 is 31.4 Å². The predicted octanol–water partition coefficient (Wildman–Crippen LogP) is 1.96. The number of aliphatic hydroxyl groups excluding tert-OH is 1. The molecule has 154 valence electrons. The van der Waals surface area contributed by atoms with Gasteiger partial charge in [-0.3, -0.25) is 0 Å². The Bertz CT molecular complexity index is 756. The van der Waals surface area contributed by atoms with Crippen LogP contribution in [0.4, 0.5) is 26.3 Å². The fraction of sp³-hybridized carbons (Fsp3) is 0.700. The fourth-order valence-electron chi connectivity index (χ4n) is 1.32. The number of hydrogen-bond acceptors (Lipinski definition) is 6. The molecule has 0 saturated carbocycles. The Morgan fingerprint density at radius 2 is 1.50 bits per heavy atom. The molecule has 7 nitrogen and oxygen atoms in total. The molecule has 16 heteroatoms. The second-order valence-corrected chi connectivity index (χ2v) is 8.77. The van der Waals surface area contributed by atoms with Crippen molar-refractivity contribution in [3.8, 4) is 0 Å². The third kappa shape index (κ3) is 6.64. The molecule has 0 unspecified atom stereocenters. The van der Waals surface area contributed by atoms with Crippen LogP contribution in [0.1, 0.15) is 17.5 Å². The molecule has 0 aliphatic heterocycles. The second-order valence-electron chi connectivity index (χ2n) is 4.41. The summed E-state index contributed by atoms with van der Waals surface area (Å²) >= 11 is 1.73. The number of rotatable bonds is 5. The molecule has 0 saturated heterocycles. The third-order valence-corrected chi connectivity index (χ3v) is 6.50. The highest BCUT2D eigenvalue weighted by molar-refractivity contribution is 8.13. The molecule has 0 atom stereocenters. The Hall–Kier alpha value is -0.970. The van der Waals surface area contributed by atoms with E-state index >= 15 is 0 Å². The smallest absolute Gasteiger partial charge is 0.421 e. The van der Waals surface area contributed by atoms with E-state index in [1.807, 2.05) is 0 Å². The molecule has 0 amide bonds. The maximum Gasteiger partial charge on any atom is 0.480 e. The lowest BCUT2D eigenvalue weighted by Crippen LogP contribution is -2.32. The van der Waals surface area contributed by atoms with Crippen molar-refractivity contribution in [1.29, 1.82) is 0 Å². The maximum absolute atomic E-state index is 11.4. The molecular weight excluding hydrogens is 438 g/mol. The van der Waals surface area contributed by atoms with E-state index in [2.05, 4.69) is 23.9 Å². The van der Waals surface area contributed by atoms with E-state index in [-0.39, 0.29) is 6.61 Å². The first-order valence-corrected chi connectivity index (χ1v) is 10.2. The van der Waals surface area contributed by atoms with Crippen molar-refractivity contribution in [1.82, 2.24) is 0 Å². The summed E-state index contributed by atoms with van der Waals surface area (Å²) in [6, 6.07) is 0. The van der Waals surface area contributed by atoms with E-state index in [1.54, 1.807) is 11.3 Å². The number of alkyl halides is 6. The quantitative estimate of drug-likeness (QED) is 0.543. The zero-order valence-corrected chi connectivity index (χ0v) is 15.6. The van der Waals surface area contributed by atoms with Gasteiger partial charge in [0, 0.05) is 20.0 Å². The molecule has 0 spiro atoms. The van der Waals surface area contributed by atoms with Crippen molar-refractivity contribution in [2.75, 3.05) is 6.61 Å². The third-order valence-electron chi connectivity index (χ3n) is 2.62. The standard InChI is InChI=1S/C8H14NOS.C2F6NO4S2/c1-3-9-6-11-8(4-5-10)7(9)2;3-1(4,5)14(10,11)9-15(12,13)2(6,7)8/h6,10H,3-5H2,1-2H3;/q+1;-1. The summed E-state index contributed by atoms with van der Waals surface area (Å²) in [5.41, 5.74) is -9.00. The Labute approximate surface area is 149 Å². The van der Waals surface area contributed by atoms with Crippen LogP contribution in [0.15, 0.2) is 5.51 Å². The van der Waals surface area contributed by atoms with Gasteiger partial charge in [0.05, 0.1) is 4.88 Å². The number of nitrogens with zero attached hydrogens (tertiary/aromatic N) is 2. The molecule has 26 heavy (non-hydrogen) atoms. The molecule has 0 fully saturated rings. The Morgan fingerprint density at radius 3 is 1.77 bits per heavy atom. The Morgan fingerprint density at radius 1 is 1.08 bits per heavy atom. The number of aryl methyl sites for hydroxylation is 1. The van der Waals surface area contributed by atoms with Crippen LogP contribution in [-0.2, 0) is 33.0 Å². The van der Waals surface area contributed by atoms with E-state index in [4.69, 9.17) is 5.11 Å². The van der Waals surface area contributed by atoms with E-state index in [0.717, 1.165) is 17.1 Å². The average molecular weight is 452 g/mol. The van der Waals surface area contributed by atoms with Crippen molar-refractivity contribution in [3.05, 3.63) is 20.2 Å². The van der Waals surface area contributed by atoms with Gasteiger partial charge in [-0.05, 0) is 6.92 Å². The fourth-order valence-corrected chi connectivity index (χ4v) is 4.09. The molecule has 0 aliphatic carbocycles. The lowest BCUT2D eigenvalue weighted by molar-refractivity contribution is -0.694. The van der Waals surface area contributed by atoms with Gasteiger partial charge in [0.2, 0.25) is 5.51 Å². The van der Waals surface area contributed by atoms with Crippen LogP contribution < -0.4 is 4.57 Å². The Balaban J connectivity index is 0.000000502. The number of aliphatic hydroxyl groups is 1. The van der Waals surface area contributed by atoms with Crippen molar-refractivity contribution in [3.63, 3.8) is 0 Å². The summed E-state index contributed by atoms with van der Waals surface area (Å²) in [4.78, 5) is 1.30. The molecule has 0 aliphatic rings. The van der Waals surface area contributed by atoms with Gasteiger partial charge in [-0.25, -0.2) is 16.8 Å². The topological polar surface area (TPSA) is 106 Å². The predicted molar refractivity (Wildman–Crippen MR) is 79.0 cm³/mol. The van der Waals surface area contributed by atoms with E-state index < -0.39 is 31.1 Å². The summed E-state index contributed by atoms with van der Waals surface area (Å²) in [5, 5.41) is 8.72. The van der Waals surface area contributed by atoms with Gasteiger partial charge in [0.25, 0.3) is 0 Å². The van der Waals surface area contributed by atoms with Gasteiger partial charge in [0.1, 0.15) is 6.54 Å². The molecule has 1 rings (SSSR count). The highest BCUT2D eigenvalue weighted by atomic mass is 32.3. The molecular formula is C10H14F6N2O5S3. The monoisotopic (exact) mass is 452 g/mol. The molecule has 1 N–H and O–H groups in total. The average Bonchev–Trinajstić information content (AvgIpc) is 2.77. The van der Waals surface area contributed by atoms with Crippen LogP contribution in [0.25, 0.3) is 4.13 Å². The first-order chi connectivity index (χ1) is 11.5. The van der Waals surface area contributed by atoms with Crippen molar-refractivity contribution < 1.29 is 52.9 Å². The zero-order valence-electron chi connectivity index (χ0n) is 13.2. The maximum atomic E-state index is 11.4. The summed E-state index contributed by atoms with van der Waals surface area (Å²) in [6.45, 7) is 5.51. The normalized spacial score (nSPS) is 13.3. The van der Waals surface area contributed by atoms with Crippen molar-refractivity contribution in [2.45, 2.75) is 37.8 Å². The zero-order chi connectivity index (χ0) is 21.0. The minimum atomic E-state index is -6.72. The van der Waals surface area contributed by atoms with Crippen molar-refractivity contribution in [2.24, 2.45) is 0 Å². The first-order valence-electron chi connectivity index (χ1n) is 6.44. The number of halogens is 6. The molecule has 0 aromatic carbocycles. The van der Waals surface area contributed by atoms with Crippen LogP contribution >= 0.6 is 11.3 Å². The minimum absolute atomic E-state index is 0.255. The van der Waals surface area contributed by atoms with E-state index in [0.29, 0.717) is 0 Å². The minimum Gasteiger partial charge on any atom is -0.421 e. The summed E-state index contributed by atoms with van der Waals surface area (Å²) in [6.07, 6.45) is 0.795. The lowest BCUT2D eigenvalue weighted by Gasteiger charge is -2.22. The number of hydrogen-bond donors (Lipinski definition) is 1. The summed E-state index contributed by atoms with van der Waals surface area (Å²) < 4.78 is 111. The van der Waals surface area contributed by atoms with E-state index in [1.165, 1.54) is 10.6 Å². The Kier molecular flexibility index (Phi) is 8.48. The van der Waals surface area contributed by atoms with Crippen LogP contribution in [0.3, 0.4) is 0 Å². The molecule has 0 radical (unpaired) electrons. The van der Waals surface area contributed by atoms with Gasteiger partial charge in [-0.2, -0.15) is 30.9 Å². The highest BCUT2D eigenvalue weighted by Gasteiger charge is 2.46. The van der Waals surface area contributed by atoms with Gasteiger partial charge >= 0.3 is 11.0 Å². The van der Waals surface area contributed by atoms with Gasteiger partial charge in [0.15, 0.2) is 25.7 Å². The SMILES string of the molecule is CC[n+]1csc(CCO)c1C.O=S(=O)([N-]S(=O)(=O)C(F)(F)F)C(F)(F)F. The number of sulfonamides is 2. The van der Waals surface area contributed by atoms with Gasteiger partial charge in [-0.1, -0.05) is 11.3 Å². The second kappa shape index (κ2) is 8.81. The molecule has 1 aromatic heterocycles. The summed E-state index contributed by atoms with van der Waals surface area (Å²) in [5.74, 6) is 0. The molecule has 1 aromatic rings. The van der Waals surface area contributed by atoms with Crippen LogP contribution in [0, 0.1) is 6.92 Å². The molecule has 1 heterocycles. The number of thiazole rings is 1. The molecule has 0 bridgehead atoms. The van der Waals surface area contributed by atoms with Crippen LogP contribution in [0.5, 0.6) is 0 Å².